The van der Waals surface area contributed by atoms with Crippen LogP contribution in [0.5, 0.6) is 0 Å². The van der Waals surface area contributed by atoms with E-state index in [4.69, 9.17) is 0 Å². The summed E-state index contributed by atoms with van der Waals surface area (Å²) in [6.45, 7) is 3.29. The Labute approximate surface area is 289 Å². The molecule has 234 valence electrons. The standard InChI is InChI=1S/C42H34N4S2/c1-2-3-4-9-24-45-38-22-20-29(26-40(38)47-41-27-30(21-23-39(41)45)32-16-11-17-35-42(32)44-48-43-35)28-12-10-13-31(25-28)46-36-18-7-5-14-33(36)34-15-6-8-19-37(34)46/h5-8,10-23,25-27H,2-4,9,24H2,1H3. The molecule has 0 aliphatic carbocycles. The molecule has 0 saturated carbocycles. The van der Waals surface area contributed by atoms with Crippen LogP contribution in [-0.4, -0.2) is 19.9 Å². The number of unbranched alkanes of at least 4 members (excludes halogenated alkanes) is 3. The van der Waals surface area contributed by atoms with Crippen molar-refractivity contribution >= 4 is 67.7 Å². The highest BCUT2D eigenvalue weighted by Gasteiger charge is 2.25. The molecule has 1 aliphatic rings. The Morgan fingerprint density at radius 2 is 1.27 bits per heavy atom. The summed E-state index contributed by atoms with van der Waals surface area (Å²) >= 11 is 3.16. The zero-order valence-electron chi connectivity index (χ0n) is 26.8. The maximum atomic E-state index is 4.63. The summed E-state index contributed by atoms with van der Waals surface area (Å²) in [6, 6.07) is 46.7. The molecule has 0 spiro atoms. The van der Waals surface area contributed by atoms with Gasteiger partial charge in [0.15, 0.2) is 0 Å². The second-order valence-electron chi connectivity index (χ2n) is 12.5. The second-order valence-corrected chi connectivity index (χ2v) is 14.1. The van der Waals surface area contributed by atoms with Crippen molar-refractivity contribution in [1.82, 2.24) is 13.3 Å². The molecule has 8 aromatic rings. The molecule has 9 rings (SSSR count). The topological polar surface area (TPSA) is 34.0 Å². The van der Waals surface area contributed by atoms with Crippen LogP contribution >= 0.6 is 23.5 Å². The fourth-order valence-corrected chi connectivity index (χ4v) is 8.96. The van der Waals surface area contributed by atoms with E-state index in [0.717, 1.165) is 23.1 Å². The van der Waals surface area contributed by atoms with Crippen molar-refractivity contribution in [1.29, 1.82) is 0 Å². The summed E-state index contributed by atoms with van der Waals surface area (Å²) in [7, 11) is 0. The molecule has 0 amide bonds. The lowest BCUT2D eigenvalue weighted by atomic mass is 10.0. The van der Waals surface area contributed by atoms with Gasteiger partial charge in [-0.3, -0.25) is 0 Å². The van der Waals surface area contributed by atoms with E-state index in [1.54, 1.807) is 0 Å². The van der Waals surface area contributed by atoms with Gasteiger partial charge in [0, 0.05) is 38.4 Å². The Bertz CT molecular complexity index is 2400. The van der Waals surface area contributed by atoms with E-state index in [0.29, 0.717) is 0 Å². The Morgan fingerprint density at radius 3 is 2.04 bits per heavy atom. The maximum Gasteiger partial charge on any atom is 0.112 e. The number of fused-ring (bicyclic) bond motifs is 6. The first-order valence-corrected chi connectivity index (χ1v) is 18.4. The van der Waals surface area contributed by atoms with Crippen LogP contribution in [-0.2, 0) is 0 Å². The van der Waals surface area contributed by atoms with Gasteiger partial charge in [-0.05, 0) is 77.7 Å². The van der Waals surface area contributed by atoms with Gasteiger partial charge in [-0.2, -0.15) is 8.75 Å². The summed E-state index contributed by atoms with van der Waals surface area (Å²) in [5.74, 6) is 0. The Balaban J connectivity index is 1.12. The van der Waals surface area contributed by atoms with Gasteiger partial charge in [0.1, 0.15) is 11.0 Å². The highest BCUT2D eigenvalue weighted by atomic mass is 32.2. The third-order valence-electron chi connectivity index (χ3n) is 9.57. The lowest BCUT2D eigenvalue weighted by Crippen LogP contribution is -2.22. The molecule has 4 nitrogen and oxygen atoms in total. The molecule has 48 heavy (non-hydrogen) atoms. The summed E-state index contributed by atoms with van der Waals surface area (Å²) in [6.07, 6.45) is 4.93. The number of hydrogen-bond acceptors (Lipinski definition) is 5. The smallest absolute Gasteiger partial charge is 0.112 e. The largest absolute Gasteiger partial charge is 0.340 e. The van der Waals surface area contributed by atoms with E-state index in [9.17, 15) is 0 Å². The average Bonchev–Trinajstić information content (AvgIpc) is 3.76. The van der Waals surface area contributed by atoms with Gasteiger partial charge in [0.05, 0.1) is 34.1 Å². The molecule has 0 N–H and O–H groups in total. The third kappa shape index (κ3) is 4.99. The van der Waals surface area contributed by atoms with E-state index in [1.165, 1.54) is 103 Å². The molecular formula is C42H34N4S2. The van der Waals surface area contributed by atoms with Gasteiger partial charge in [-0.1, -0.05) is 111 Å². The minimum absolute atomic E-state index is 0.957. The number of para-hydroxylation sites is 2. The Hall–Kier alpha value is -4.91. The third-order valence-corrected chi connectivity index (χ3v) is 11.2. The van der Waals surface area contributed by atoms with Crippen LogP contribution in [0, 0.1) is 0 Å². The number of anilines is 2. The van der Waals surface area contributed by atoms with E-state index < -0.39 is 0 Å². The molecule has 2 aromatic heterocycles. The number of aromatic nitrogens is 3. The van der Waals surface area contributed by atoms with Crippen molar-refractivity contribution in [2.24, 2.45) is 0 Å². The molecule has 0 fully saturated rings. The lowest BCUT2D eigenvalue weighted by Gasteiger charge is -2.33. The normalized spacial score (nSPS) is 12.6. The number of nitrogens with zero attached hydrogens (tertiary/aromatic N) is 4. The van der Waals surface area contributed by atoms with Crippen molar-refractivity contribution in [3.05, 3.63) is 127 Å². The van der Waals surface area contributed by atoms with Crippen LogP contribution in [0.3, 0.4) is 0 Å². The van der Waals surface area contributed by atoms with Gasteiger partial charge in [-0.15, -0.1) is 0 Å². The predicted molar refractivity (Wildman–Crippen MR) is 204 cm³/mol. The summed E-state index contributed by atoms with van der Waals surface area (Å²) < 4.78 is 11.5. The van der Waals surface area contributed by atoms with Crippen molar-refractivity contribution < 1.29 is 0 Å². The fourth-order valence-electron chi connectivity index (χ4n) is 7.24. The van der Waals surface area contributed by atoms with Gasteiger partial charge in [0.25, 0.3) is 0 Å². The molecule has 0 unspecified atom stereocenters. The SMILES string of the molecule is CCCCCCN1c2ccc(-c3cccc(-n4c5ccccc5c5ccccc54)c3)cc2Sc2cc(-c3cccc4nsnc34)ccc21. The summed E-state index contributed by atoms with van der Waals surface area (Å²) in [4.78, 5) is 5.12. The van der Waals surface area contributed by atoms with Crippen molar-refractivity contribution in [2.45, 2.75) is 42.4 Å². The lowest BCUT2D eigenvalue weighted by molar-refractivity contribution is 0.666. The van der Waals surface area contributed by atoms with E-state index >= 15 is 0 Å². The molecule has 6 heteroatoms. The molecular weight excluding hydrogens is 625 g/mol. The zero-order chi connectivity index (χ0) is 32.0. The Morgan fingerprint density at radius 1 is 0.583 bits per heavy atom. The van der Waals surface area contributed by atoms with Crippen LogP contribution in [0.2, 0.25) is 0 Å². The summed E-state index contributed by atoms with van der Waals surface area (Å²) in [5.41, 5.74) is 12.9. The number of rotatable bonds is 8. The zero-order valence-corrected chi connectivity index (χ0v) is 28.4. The van der Waals surface area contributed by atoms with Crippen molar-refractivity contribution in [2.75, 3.05) is 11.4 Å². The first kappa shape index (κ1) is 29.2. The Kier molecular flexibility index (Phi) is 7.48. The van der Waals surface area contributed by atoms with Crippen LogP contribution in [0.25, 0.3) is 60.8 Å². The van der Waals surface area contributed by atoms with E-state index in [1.807, 2.05) is 17.8 Å². The minimum atomic E-state index is 0.957. The fraction of sp³-hybridized carbons (Fsp3) is 0.143. The first-order valence-electron chi connectivity index (χ1n) is 16.8. The van der Waals surface area contributed by atoms with Crippen LogP contribution in [0.1, 0.15) is 32.6 Å². The molecule has 3 heterocycles. The molecule has 0 bridgehead atoms. The van der Waals surface area contributed by atoms with Crippen LogP contribution in [0.4, 0.5) is 11.4 Å². The highest BCUT2D eigenvalue weighted by molar-refractivity contribution is 7.99. The minimum Gasteiger partial charge on any atom is -0.340 e. The van der Waals surface area contributed by atoms with Gasteiger partial charge in [-0.25, -0.2) is 0 Å². The molecule has 1 aliphatic heterocycles. The van der Waals surface area contributed by atoms with E-state index in [-0.39, 0.29) is 0 Å². The van der Waals surface area contributed by atoms with Gasteiger partial charge in [0.2, 0.25) is 0 Å². The van der Waals surface area contributed by atoms with Gasteiger partial charge < -0.3 is 9.47 Å². The number of benzene rings is 6. The van der Waals surface area contributed by atoms with Gasteiger partial charge >= 0.3 is 0 Å². The monoisotopic (exact) mass is 658 g/mol. The average molecular weight is 659 g/mol. The maximum absolute atomic E-state index is 4.63. The molecule has 0 atom stereocenters. The van der Waals surface area contributed by atoms with Crippen LogP contribution in [0.15, 0.2) is 137 Å². The first-order chi connectivity index (χ1) is 23.8. The van der Waals surface area contributed by atoms with Crippen molar-refractivity contribution in [3.63, 3.8) is 0 Å². The molecule has 0 saturated heterocycles. The van der Waals surface area contributed by atoms with Crippen molar-refractivity contribution in [3.8, 4) is 27.9 Å². The van der Waals surface area contributed by atoms with Crippen LogP contribution < -0.4 is 4.90 Å². The molecule has 6 aromatic carbocycles. The number of hydrogen-bond donors (Lipinski definition) is 0. The quantitative estimate of drug-likeness (QED) is 0.152. The molecule has 0 radical (unpaired) electrons. The highest BCUT2D eigenvalue weighted by Crippen LogP contribution is 2.50. The van der Waals surface area contributed by atoms with E-state index in [2.05, 4.69) is 146 Å². The second kappa shape index (κ2) is 12.3. The predicted octanol–water partition coefficient (Wildman–Crippen LogP) is 12.3. The summed E-state index contributed by atoms with van der Waals surface area (Å²) in [5, 5.41) is 2.56.